The van der Waals surface area contributed by atoms with Gasteiger partial charge in [0.15, 0.2) is 5.69 Å². The number of nitrogens with two attached hydrogens (primary N) is 1. The Kier molecular flexibility index (Phi) is 4.27. The topological polar surface area (TPSA) is 101 Å². The van der Waals surface area contributed by atoms with E-state index >= 15 is 0 Å². The van der Waals surface area contributed by atoms with Crippen LogP contribution >= 0.6 is 0 Å². The van der Waals surface area contributed by atoms with Gasteiger partial charge < -0.3 is 20.6 Å². The van der Waals surface area contributed by atoms with Crippen LogP contribution in [0.5, 0.6) is 0 Å². The fourth-order valence-electron chi connectivity index (χ4n) is 1.51. The number of rotatable bonds is 5. The second-order valence-electron chi connectivity index (χ2n) is 4.03. The normalized spacial score (nSPS) is 12.1. The number of aliphatic hydroxyl groups is 1. The first-order valence-electron chi connectivity index (χ1n) is 5.84. The summed E-state index contributed by atoms with van der Waals surface area (Å²) in [6.07, 6.45) is 1.23. The fraction of sp³-hybridized carbons (Fsp3) is 0.231. The minimum absolute atomic E-state index is 0.146. The Hall–Kier alpha value is -2.18. The van der Waals surface area contributed by atoms with Gasteiger partial charge in [-0.05, 0) is 5.56 Å². The minimum Gasteiger partial charge on any atom is -0.446 e. The molecule has 100 valence electrons. The summed E-state index contributed by atoms with van der Waals surface area (Å²) < 4.78 is 5.03. The van der Waals surface area contributed by atoms with Gasteiger partial charge in [-0.25, -0.2) is 4.98 Å². The highest BCUT2D eigenvalue weighted by molar-refractivity contribution is 5.91. The third-order valence-electron chi connectivity index (χ3n) is 2.56. The lowest BCUT2D eigenvalue weighted by atomic mass is 10.2. The summed E-state index contributed by atoms with van der Waals surface area (Å²) >= 11 is 0. The summed E-state index contributed by atoms with van der Waals surface area (Å²) in [6.45, 7) is 0.125. The molecule has 0 aliphatic rings. The first kappa shape index (κ1) is 13.3. The molecule has 0 spiro atoms. The van der Waals surface area contributed by atoms with E-state index in [0.717, 1.165) is 5.56 Å². The molecule has 19 heavy (non-hydrogen) atoms. The van der Waals surface area contributed by atoms with Crippen molar-refractivity contribution in [2.75, 3.05) is 6.61 Å². The summed E-state index contributed by atoms with van der Waals surface area (Å²) in [5, 5.41) is 11.6. The third-order valence-corrected chi connectivity index (χ3v) is 2.56. The summed E-state index contributed by atoms with van der Waals surface area (Å²) in [6, 6.07) is 8.82. The van der Waals surface area contributed by atoms with Gasteiger partial charge in [-0.2, -0.15) is 0 Å². The standard InChI is InChI=1S/C13H15N3O3/c14-10(7-17)13-16-11(8-19-13)12(18)15-6-9-4-2-1-3-5-9/h1-5,8,10,17H,6-7,14H2,(H,15,18). The fourth-order valence-corrected chi connectivity index (χ4v) is 1.51. The van der Waals surface area contributed by atoms with Crippen LogP contribution in [0.15, 0.2) is 41.0 Å². The van der Waals surface area contributed by atoms with Crippen LogP contribution in [0.4, 0.5) is 0 Å². The SMILES string of the molecule is NC(CO)c1nc(C(=O)NCc2ccccc2)co1. The van der Waals surface area contributed by atoms with Crippen LogP contribution in [0.25, 0.3) is 0 Å². The van der Waals surface area contributed by atoms with Crippen molar-refractivity contribution in [1.29, 1.82) is 0 Å². The van der Waals surface area contributed by atoms with E-state index in [1.165, 1.54) is 6.26 Å². The number of aromatic nitrogens is 1. The minimum atomic E-state index is -0.712. The monoisotopic (exact) mass is 261 g/mol. The van der Waals surface area contributed by atoms with Gasteiger partial charge >= 0.3 is 0 Å². The third kappa shape index (κ3) is 3.40. The molecule has 1 amide bonds. The molecule has 0 bridgehead atoms. The van der Waals surface area contributed by atoms with Gasteiger partial charge in [0.25, 0.3) is 5.91 Å². The molecule has 0 aliphatic heterocycles. The zero-order valence-corrected chi connectivity index (χ0v) is 10.2. The van der Waals surface area contributed by atoms with Gasteiger partial charge in [0, 0.05) is 6.54 Å². The van der Waals surface area contributed by atoms with Crippen LogP contribution in [-0.2, 0) is 6.54 Å². The zero-order chi connectivity index (χ0) is 13.7. The van der Waals surface area contributed by atoms with Gasteiger partial charge in [0.05, 0.1) is 6.61 Å². The van der Waals surface area contributed by atoms with Crippen molar-refractivity contribution in [3.63, 3.8) is 0 Å². The second-order valence-corrected chi connectivity index (χ2v) is 4.03. The maximum Gasteiger partial charge on any atom is 0.273 e. The van der Waals surface area contributed by atoms with Crippen LogP contribution in [0, 0.1) is 0 Å². The van der Waals surface area contributed by atoms with Crippen molar-refractivity contribution in [2.45, 2.75) is 12.6 Å². The van der Waals surface area contributed by atoms with Gasteiger partial charge in [0.1, 0.15) is 12.3 Å². The number of carbonyl (C=O) groups excluding carboxylic acids is 1. The molecule has 1 aromatic carbocycles. The highest BCUT2D eigenvalue weighted by Gasteiger charge is 2.16. The molecule has 1 unspecified atom stereocenters. The lowest BCUT2D eigenvalue weighted by molar-refractivity contribution is 0.0946. The van der Waals surface area contributed by atoms with E-state index in [9.17, 15) is 4.79 Å². The average Bonchev–Trinajstić information content (AvgIpc) is 2.95. The predicted octanol–water partition coefficient (Wildman–Crippen LogP) is 0.597. The predicted molar refractivity (Wildman–Crippen MR) is 68.1 cm³/mol. The van der Waals surface area contributed by atoms with E-state index in [0.29, 0.717) is 6.54 Å². The molecule has 2 rings (SSSR count). The van der Waals surface area contributed by atoms with Crippen molar-refractivity contribution < 1.29 is 14.3 Å². The van der Waals surface area contributed by atoms with E-state index < -0.39 is 6.04 Å². The highest BCUT2D eigenvalue weighted by Crippen LogP contribution is 2.09. The van der Waals surface area contributed by atoms with Crippen molar-refractivity contribution in [1.82, 2.24) is 10.3 Å². The molecule has 2 aromatic rings. The number of amides is 1. The number of hydrogen-bond donors (Lipinski definition) is 3. The first-order chi connectivity index (χ1) is 9.20. The second kappa shape index (κ2) is 6.12. The molecule has 0 saturated carbocycles. The molecule has 0 aliphatic carbocycles. The molecular weight excluding hydrogens is 246 g/mol. The van der Waals surface area contributed by atoms with E-state index in [2.05, 4.69) is 10.3 Å². The van der Waals surface area contributed by atoms with Gasteiger partial charge in [-0.3, -0.25) is 4.79 Å². The molecule has 1 atom stereocenters. The average molecular weight is 261 g/mol. The smallest absolute Gasteiger partial charge is 0.273 e. The summed E-state index contributed by atoms with van der Waals surface area (Å²) in [4.78, 5) is 15.7. The van der Waals surface area contributed by atoms with E-state index in [4.69, 9.17) is 15.3 Å². The molecule has 6 nitrogen and oxygen atoms in total. The summed E-state index contributed by atoms with van der Waals surface area (Å²) in [5.41, 5.74) is 6.68. The van der Waals surface area contributed by atoms with Crippen LogP contribution in [0.1, 0.15) is 28.0 Å². The summed E-state index contributed by atoms with van der Waals surface area (Å²) in [7, 11) is 0. The number of nitrogens with one attached hydrogen (secondary N) is 1. The Balaban J connectivity index is 1.95. The number of hydrogen-bond acceptors (Lipinski definition) is 5. The lowest BCUT2D eigenvalue weighted by Crippen LogP contribution is -2.23. The van der Waals surface area contributed by atoms with Crippen LogP contribution in [0.2, 0.25) is 0 Å². The van der Waals surface area contributed by atoms with E-state index in [1.54, 1.807) is 0 Å². The number of oxazole rings is 1. The van der Waals surface area contributed by atoms with Crippen LogP contribution in [-0.4, -0.2) is 22.6 Å². The number of nitrogens with zero attached hydrogens (tertiary/aromatic N) is 1. The number of benzene rings is 1. The van der Waals surface area contributed by atoms with Crippen LogP contribution in [0.3, 0.4) is 0 Å². The quantitative estimate of drug-likeness (QED) is 0.731. The van der Waals surface area contributed by atoms with Gasteiger partial charge in [-0.15, -0.1) is 0 Å². The van der Waals surface area contributed by atoms with E-state index in [1.807, 2.05) is 30.3 Å². The molecule has 6 heteroatoms. The van der Waals surface area contributed by atoms with Gasteiger partial charge in [0.2, 0.25) is 5.89 Å². The van der Waals surface area contributed by atoms with Crippen LogP contribution < -0.4 is 11.1 Å². The maximum absolute atomic E-state index is 11.8. The Morgan fingerprint density at radius 2 is 2.16 bits per heavy atom. The molecule has 1 heterocycles. The molecular formula is C13H15N3O3. The molecule has 4 N–H and O–H groups in total. The van der Waals surface area contributed by atoms with Crippen molar-refractivity contribution >= 4 is 5.91 Å². The molecule has 0 radical (unpaired) electrons. The Morgan fingerprint density at radius 1 is 1.42 bits per heavy atom. The molecule has 0 saturated heterocycles. The first-order valence-corrected chi connectivity index (χ1v) is 5.84. The molecule has 1 aromatic heterocycles. The maximum atomic E-state index is 11.8. The van der Waals surface area contributed by atoms with Crippen molar-refractivity contribution in [2.24, 2.45) is 5.73 Å². The largest absolute Gasteiger partial charge is 0.446 e. The Labute approximate surface area is 110 Å². The van der Waals surface area contributed by atoms with E-state index in [-0.39, 0.29) is 24.1 Å². The van der Waals surface area contributed by atoms with Crippen molar-refractivity contribution in [3.05, 3.63) is 53.7 Å². The Morgan fingerprint density at radius 3 is 2.84 bits per heavy atom. The zero-order valence-electron chi connectivity index (χ0n) is 10.2. The Bertz CT molecular complexity index is 539. The molecule has 0 fully saturated rings. The highest BCUT2D eigenvalue weighted by atomic mass is 16.3. The lowest BCUT2D eigenvalue weighted by Gasteiger charge is -2.02. The number of aliphatic hydroxyl groups excluding tert-OH is 1. The van der Waals surface area contributed by atoms with Gasteiger partial charge in [-0.1, -0.05) is 30.3 Å². The van der Waals surface area contributed by atoms with Crippen molar-refractivity contribution in [3.8, 4) is 0 Å². The number of carbonyl (C=O) groups is 1. The summed E-state index contributed by atoms with van der Waals surface area (Å²) in [5.74, 6) is -0.198.